The van der Waals surface area contributed by atoms with E-state index in [9.17, 15) is 9.59 Å². The average Bonchev–Trinajstić information content (AvgIpc) is 3.06. The van der Waals surface area contributed by atoms with Crippen molar-refractivity contribution < 1.29 is 9.59 Å². The number of rotatable bonds is 3. The Balaban J connectivity index is 1.70. The Morgan fingerprint density at radius 2 is 2.00 bits per heavy atom. The fourth-order valence-corrected chi connectivity index (χ4v) is 2.60. The molecular formula is C16H18N4O2. The van der Waals surface area contributed by atoms with E-state index < -0.39 is 5.92 Å². The van der Waals surface area contributed by atoms with Gasteiger partial charge in [0.25, 0.3) is 0 Å². The first-order chi connectivity index (χ1) is 10.5. The van der Waals surface area contributed by atoms with E-state index in [1.807, 2.05) is 31.2 Å². The average molecular weight is 298 g/mol. The highest BCUT2D eigenvalue weighted by molar-refractivity contribution is 6.13. The van der Waals surface area contributed by atoms with Crippen molar-refractivity contribution in [2.75, 3.05) is 16.8 Å². The molecule has 0 saturated carbocycles. The normalized spacial score (nSPS) is 17.8. The molecule has 0 spiro atoms. The van der Waals surface area contributed by atoms with Crippen molar-refractivity contribution in [3.63, 3.8) is 0 Å². The molecule has 2 heterocycles. The Hall–Kier alpha value is -2.63. The predicted molar refractivity (Wildman–Crippen MR) is 83.5 cm³/mol. The van der Waals surface area contributed by atoms with E-state index in [-0.39, 0.29) is 11.8 Å². The number of aromatic nitrogens is 2. The van der Waals surface area contributed by atoms with Gasteiger partial charge in [0.1, 0.15) is 5.92 Å². The molecular weight excluding hydrogens is 280 g/mol. The maximum Gasteiger partial charge on any atom is 0.239 e. The van der Waals surface area contributed by atoms with Crippen molar-refractivity contribution in [1.29, 1.82) is 0 Å². The highest BCUT2D eigenvalue weighted by atomic mass is 16.2. The third-order valence-electron chi connectivity index (χ3n) is 3.83. The van der Waals surface area contributed by atoms with Gasteiger partial charge in [-0.25, -0.2) is 0 Å². The lowest BCUT2D eigenvalue weighted by atomic mass is 10.1. The second-order valence-corrected chi connectivity index (χ2v) is 5.53. The second kappa shape index (κ2) is 5.63. The molecule has 1 N–H and O–H groups in total. The summed E-state index contributed by atoms with van der Waals surface area (Å²) >= 11 is 0. The summed E-state index contributed by atoms with van der Waals surface area (Å²) in [6.07, 6.45) is 2.26. The van der Waals surface area contributed by atoms with Gasteiger partial charge in [-0.05, 0) is 25.5 Å². The summed E-state index contributed by atoms with van der Waals surface area (Å²) in [5, 5.41) is 6.79. The Morgan fingerprint density at radius 3 is 2.64 bits per heavy atom. The quantitative estimate of drug-likeness (QED) is 0.877. The molecule has 1 unspecified atom stereocenters. The summed E-state index contributed by atoms with van der Waals surface area (Å²) in [4.78, 5) is 26.4. The van der Waals surface area contributed by atoms with Gasteiger partial charge >= 0.3 is 0 Å². The molecule has 0 aliphatic carbocycles. The van der Waals surface area contributed by atoms with Crippen molar-refractivity contribution in [2.45, 2.75) is 13.3 Å². The summed E-state index contributed by atoms with van der Waals surface area (Å²) in [6.45, 7) is 2.56. The highest BCUT2D eigenvalue weighted by Crippen LogP contribution is 2.26. The molecule has 1 atom stereocenters. The molecule has 3 rings (SSSR count). The van der Waals surface area contributed by atoms with E-state index in [1.54, 1.807) is 28.9 Å². The number of aryl methyl sites for hydroxylation is 2. The largest absolute Gasteiger partial charge is 0.312 e. The molecule has 1 saturated heterocycles. The summed E-state index contributed by atoms with van der Waals surface area (Å²) in [7, 11) is 1.77. The number of anilines is 2. The van der Waals surface area contributed by atoms with Crippen molar-refractivity contribution in [2.24, 2.45) is 13.0 Å². The lowest BCUT2D eigenvalue weighted by Gasteiger charge is -2.16. The van der Waals surface area contributed by atoms with Crippen LogP contribution in [0, 0.1) is 12.8 Å². The van der Waals surface area contributed by atoms with Crippen LogP contribution < -0.4 is 10.2 Å². The van der Waals surface area contributed by atoms with E-state index in [0.717, 1.165) is 11.3 Å². The number of nitrogens with one attached hydrogen (secondary N) is 1. The van der Waals surface area contributed by atoms with Crippen LogP contribution in [0.5, 0.6) is 0 Å². The zero-order valence-corrected chi connectivity index (χ0v) is 12.6. The molecule has 0 radical (unpaired) electrons. The molecule has 1 aliphatic heterocycles. The number of carbonyl (C=O) groups excluding carboxylic acids is 2. The molecule has 1 aromatic heterocycles. The van der Waals surface area contributed by atoms with Crippen LogP contribution in [0.3, 0.4) is 0 Å². The maximum absolute atomic E-state index is 12.5. The Morgan fingerprint density at radius 1 is 1.27 bits per heavy atom. The van der Waals surface area contributed by atoms with E-state index in [0.29, 0.717) is 18.8 Å². The third-order valence-corrected chi connectivity index (χ3v) is 3.83. The van der Waals surface area contributed by atoms with E-state index >= 15 is 0 Å². The van der Waals surface area contributed by atoms with Crippen molar-refractivity contribution in [3.05, 3.63) is 42.1 Å². The number of carbonyl (C=O) groups is 2. The molecule has 6 nitrogen and oxygen atoms in total. The van der Waals surface area contributed by atoms with Gasteiger partial charge in [0.2, 0.25) is 11.8 Å². The van der Waals surface area contributed by atoms with Crippen LogP contribution in [0.2, 0.25) is 0 Å². The Kier molecular flexibility index (Phi) is 3.66. The Labute approximate surface area is 128 Å². The van der Waals surface area contributed by atoms with Crippen LogP contribution >= 0.6 is 0 Å². The summed E-state index contributed by atoms with van der Waals surface area (Å²) in [5.74, 6) is -0.631. The molecule has 1 aromatic carbocycles. The molecule has 22 heavy (non-hydrogen) atoms. The number of amides is 2. The molecule has 114 valence electrons. The zero-order valence-electron chi connectivity index (χ0n) is 12.6. The lowest BCUT2D eigenvalue weighted by molar-refractivity contribution is -0.129. The minimum absolute atomic E-state index is 0.155. The van der Waals surface area contributed by atoms with Crippen LogP contribution in [0.4, 0.5) is 11.5 Å². The van der Waals surface area contributed by atoms with Gasteiger partial charge in [0.15, 0.2) is 5.82 Å². The van der Waals surface area contributed by atoms with Crippen LogP contribution in [-0.2, 0) is 16.6 Å². The van der Waals surface area contributed by atoms with Gasteiger partial charge in [-0.15, -0.1) is 0 Å². The summed E-state index contributed by atoms with van der Waals surface area (Å²) < 4.78 is 1.60. The maximum atomic E-state index is 12.5. The molecule has 2 amide bonds. The zero-order chi connectivity index (χ0) is 15.7. The first-order valence-corrected chi connectivity index (χ1v) is 7.23. The summed E-state index contributed by atoms with van der Waals surface area (Å²) in [6, 6.07) is 9.45. The van der Waals surface area contributed by atoms with Crippen LogP contribution in [-0.4, -0.2) is 28.1 Å². The monoisotopic (exact) mass is 298 g/mol. The molecule has 0 bridgehead atoms. The van der Waals surface area contributed by atoms with Gasteiger partial charge < -0.3 is 10.2 Å². The number of hydrogen-bond donors (Lipinski definition) is 1. The number of hydrogen-bond acceptors (Lipinski definition) is 3. The van der Waals surface area contributed by atoms with Crippen molar-refractivity contribution in [1.82, 2.24) is 9.78 Å². The van der Waals surface area contributed by atoms with E-state index in [1.165, 1.54) is 0 Å². The van der Waals surface area contributed by atoms with E-state index in [2.05, 4.69) is 10.4 Å². The number of benzene rings is 1. The molecule has 6 heteroatoms. The van der Waals surface area contributed by atoms with Crippen LogP contribution in [0.1, 0.15) is 12.0 Å². The van der Waals surface area contributed by atoms with Gasteiger partial charge in [0.05, 0.1) is 0 Å². The second-order valence-electron chi connectivity index (χ2n) is 5.53. The standard InChI is InChI=1S/C16H18N4O2/c1-11-3-5-12(6-4-11)20-10-7-13(16(20)22)15(21)17-14-8-9-19(2)18-14/h3-6,8-9,13H,7,10H2,1-2H3,(H,17,18,21). The minimum atomic E-state index is -0.650. The molecule has 1 fully saturated rings. The Bertz CT molecular complexity index is 705. The van der Waals surface area contributed by atoms with E-state index in [4.69, 9.17) is 0 Å². The predicted octanol–water partition coefficient (Wildman–Crippen LogP) is 1.72. The van der Waals surface area contributed by atoms with Crippen LogP contribution in [0.25, 0.3) is 0 Å². The molecule has 2 aromatic rings. The highest BCUT2D eigenvalue weighted by Gasteiger charge is 2.37. The first-order valence-electron chi connectivity index (χ1n) is 7.23. The molecule has 1 aliphatic rings. The van der Waals surface area contributed by atoms with Gasteiger partial charge in [0, 0.05) is 31.5 Å². The fraction of sp³-hybridized carbons (Fsp3) is 0.312. The smallest absolute Gasteiger partial charge is 0.239 e. The number of nitrogens with zero attached hydrogens (tertiary/aromatic N) is 3. The summed E-state index contributed by atoms with van der Waals surface area (Å²) in [5.41, 5.74) is 1.98. The topological polar surface area (TPSA) is 67.2 Å². The SMILES string of the molecule is Cc1ccc(N2CCC(C(=O)Nc3ccn(C)n3)C2=O)cc1. The van der Waals surface area contributed by atoms with Crippen molar-refractivity contribution in [3.8, 4) is 0 Å². The fourth-order valence-electron chi connectivity index (χ4n) is 2.60. The minimum Gasteiger partial charge on any atom is -0.312 e. The lowest BCUT2D eigenvalue weighted by Crippen LogP contribution is -2.33. The van der Waals surface area contributed by atoms with Crippen molar-refractivity contribution >= 4 is 23.3 Å². The van der Waals surface area contributed by atoms with Crippen LogP contribution in [0.15, 0.2) is 36.5 Å². The third kappa shape index (κ3) is 2.72. The van der Waals surface area contributed by atoms with Gasteiger partial charge in [-0.3, -0.25) is 14.3 Å². The first kappa shape index (κ1) is 14.3. The van der Waals surface area contributed by atoms with Gasteiger partial charge in [-0.2, -0.15) is 5.10 Å². The van der Waals surface area contributed by atoms with Gasteiger partial charge in [-0.1, -0.05) is 17.7 Å².